The van der Waals surface area contributed by atoms with Crippen LogP contribution in [0.5, 0.6) is 0 Å². The normalized spacial score (nSPS) is 11.6. The summed E-state index contributed by atoms with van der Waals surface area (Å²) in [6, 6.07) is 4.79. The van der Waals surface area contributed by atoms with E-state index in [0.29, 0.717) is 9.92 Å². The standard InChI is InChI=1S/C9H11ClO2S/c1-3-13(11,12)8-5-4-7(2)9(10)6-8/h4-6H,3H2,1-2H3. The number of aryl methyl sites for hydroxylation is 1. The first kappa shape index (κ1) is 10.5. The first-order valence-corrected chi connectivity index (χ1v) is 5.99. The van der Waals surface area contributed by atoms with E-state index in [9.17, 15) is 8.42 Å². The number of benzene rings is 1. The predicted molar refractivity (Wildman–Crippen MR) is 53.9 cm³/mol. The van der Waals surface area contributed by atoms with Gasteiger partial charge in [-0.25, -0.2) is 8.42 Å². The molecule has 0 aliphatic carbocycles. The van der Waals surface area contributed by atoms with Gasteiger partial charge in [0.1, 0.15) is 0 Å². The maximum absolute atomic E-state index is 11.4. The Hall–Kier alpha value is -0.540. The number of hydrogen-bond acceptors (Lipinski definition) is 2. The first-order chi connectivity index (χ1) is 5.97. The number of halogens is 1. The van der Waals surface area contributed by atoms with Gasteiger partial charge in [0, 0.05) is 5.02 Å². The van der Waals surface area contributed by atoms with Gasteiger partial charge in [0.15, 0.2) is 9.84 Å². The van der Waals surface area contributed by atoms with Crippen LogP contribution in [-0.4, -0.2) is 14.2 Å². The van der Waals surface area contributed by atoms with Gasteiger partial charge in [-0.15, -0.1) is 0 Å². The molecule has 1 rings (SSSR count). The van der Waals surface area contributed by atoms with Crippen LogP contribution in [0.15, 0.2) is 23.1 Å². The van der Waals surface area contributed by atoms with E-state index in [4.69, 9.17) is 11.6 Å². The lowest BCUT2D eigenvalue weighted by molar-refractivity contribution is 0.597. The highest BCUT2D eigenvalue weighted by Crippen LogP contribution is 2.20. The molecular formula is C9H11ClO2S. The molecule has 0 heterocycles. The van der Waals surface area contributed by atoms with E-state index in [-0.39, 0.29) is 5.75 Å². The van der Waals surface area contributed by atoms with Gasteiger partial charge in [0.2, 0.25) is 0 Å². The van der Waals surface area contributed by atoms with Gasteiger partial charge >= 0.3 is 0 Å². The minimum Gasteiger partial charge on any atom is -0.224 e. The lowest BCUT2D eigenvalue weighted by Crippen LogP contribution is -2.03. The van der Waals surface area contributed by atoms with Crippen LogP contribution in [-0.2, 0) is 9.84 Å². The molecular weight excluding hydrogens is 208 g/mol. The van der Waals surface area contributed by atoms with Gasteiger partial charge < -0.3 is 0 Å². The van der Waals surface area contributed by atoms with Crippen LogP contribution in [0.2, 0.25) is 5.02 Å². The van der Waals surface area contributed by atoms with Gasteiger partial charge in [-0.1, -0.05) is 24.6 Å². The molecule has 0 fully saturated rings. The van der Waals surface area contributed by atoms with E-state index < -0.39 is 9.84 Å². The van der Waals surface area contributed by atoms with Crippen LogP contribution >= 0.6 is 11.6 Å². The van der Waals surface area contributed by atoms with E-state index in [0.717, 1.165) is 5.56 Å². The Bertz CT molecular complexity index is 410. The summed E-state index contributed by atoms with van der Waals surface area (Å²) in [6.07, 6.45) is 0. The molecule has 1 aromatic rings. The summed E-state index contributed by atoms with van der Waals surface area (Å²) in [6.45, 7) is 3.45. The molecule has 0 amide bonds. The molecule has 0 saturated heterocycles. The van der Waals surface area contributed by atoms with Crippen molar-refractivity contribution in [3.63, 3.8) is 0 Å². The summed E-state index contributed by atoms with van der Waals surface area (Å²) < 4.78 is 22.8. The van der Waals surface area contributed by atoms with Crippen molar-refractivity contribution in [2.45, 2.75) is 18.7 Å². The van der Waals surface area contributed by atoms with Gasteiger partial charge in [0.25, 0.3) is 0 Å². The second kappa shape index (κ2) is 3.68. The van der Waals surface area contributed by atoms with Crippen LogP contribution in [0.1, 0.15) is 12.5 Å². The Morgan fingerprint density at radius 3 is 2.46 bits per heavy atom. The summed E-state index contributed by atoms with van der Waals surface area (Å²) >= 11 is 5.81. The van der Waals surface area contributed by atoms with Gasteiger partial charge in [-0.2, -0.15) is 0 Å². The molecule has 13 heavy (non-hydrogen) atoms. The maximum atomic E-state index is 11.4. The van der Waals surface area contributed by atoms with Gasteiger partial charge in [-0.3, -0.25) is 0 Å². The molecule has 1 aromatic carbocycles. The second-order valence-corrected chi connectivity index (χ2v) is 5.50. The number of sulfone groups is 1. The highest BCUT2D eigenvalue weighted by atomic mass is 35.5. The Balaban J connectivity index is 3.27. The van der Waals surface area contributed by atoms with E-state index in [2.05, 4.69) is 0 Å². The van der Waals surface area contributed by atoms with Crippen LogP contribution in [0.4, 0.5) is 0 Å². The molecule has 0 saturated carbocycles. The third-order valence-corrected chi connectivity index (χ3v) is 4.02. The van der Waals surface area contributed by atoms with E-state index >= 15 is 0 Å². The van der Waals surface area contributed by atoms with Crippen molar-refractivity contribution in [3.05, 3.63) is 28.8 Å². The molecule has 0 aliphatic heterocycles. The quantitative estimate of drug-likeness (QED) is 0.764. The molecule has 2 nitrogen and oxygen atoms in total. The molecule has 4 heteroatoms. The molecule has 0 spiro atoms. The molecule has 0 aromatic heterocycles. The fraction of sp³-hybridized carbons (Fsp3) is 0.333. The van der Waals surface area contributed by atoms with Crippen molar-refractivity contribution in [1.29, 1.82) is 0 Å². The van der Waals surface area contributed by atoms with E-state index in [1.165, 1.54) is 6.07 Å². The molecule has 0 unspecified atom stereocenters. The van der Waals surface area contributed by atoms with Crippen molar-refractivity contribution in [3.8, 4) is 0 Å². The van der Waals surface area contributed by atoms with E-state index in [1.54, 1.807) is 19.1 Å². The Morgan fingerprint density at radius 2 is 2.00 bits per heavy atom. The Labute approximate surface area is 83.5 Å². The van der Waals surface area contributed by atoms with Crippen LogP contribution in [0.3, 0.4) is 0 Å². The van der Waals surface area contributed by atoms with Crippen molar-refractivity contribution in [2.75, 3.05) is 5.75 Å². The fourth-order valence-corrected chi connectivity index (χ4v) is 2.09. The average molecular weight is 219 g/mol. The Morgan fingerprint density at radius 1 is 1.38 bits per heavy atom. The van der Waals surface area contributed by atoms with Crippen LogP contribution in [0.25, 0.3) is 0 Å². The summed E-state index contributed by atoms with van der Waals surface area (Å²) in [5, 5.41) is 0.495. The molecule has 0 radical (unpaired) electrons. The molecule has 0 bridgehead atoms. The van der Waals surface area contributed by atoms with Crippen LogP contribution in [0, 0.1) is 6.92 Å². The largest absolute Gasteiger partial charge is 0.224 e. The third kappa shape index (κ3) is 2.23. The minimum atomic E-state index is -3.12. The highest BCUT2D eigenvalue weighted by molar-refractivity contribution is 7.91. The van der Waals surface area contributed by atoms with Gasteiger partial charge in [-0.05, 0) is 24.6 Å². The Kier molecular flexibility index (Phi) is 2.98. The molecule has 0 N–H and O–H groups in total. The summed E-state index contributed by atoms with van der Waals surface area (Å²) in [5.74, 6) is 0.104. The van der Waals surface area contributed by atoms with Crippen molar-refractivity contribution in [1.82, 2.24) is 0 Å². The number of hydrogen-bond donors (Lipinski definition) is 0. The second-order valence-electron chi connectivity index (χ2n) is 2.81. The predicted octanol–water partition coefficient (Wildman–Crippen LogP) is 2.44. The average Bonchev–Trinajstić information content (AvgIpc) is 2.09. The maximum Gasteiger partial charge on any atom is 0.178 e. The fourth-order valence-electron chi connectivity index (χ4n) is 0.934. The first-order valence-electron chi connectivity index (χ1n) is 3.96. The monoisotopic (exact) mass is 218 g/mol. The lowest BCUT2D eigenvalue weighted by Gasteiger charge is -2.03. The molecule has 0 atom stereocenters. The minimum absolute atomic E-state index is 0.104. The van der Waals surface area contributed by atoms with Crippen LogP contribution < -0.4 is 0 Å². The summed E-state index contributed by atoms with van der Waals surface area (Å²) in [5.41, 5.74) is 0.886. The van der Waals surface area contributed by atoms with Crippen molar-refractivity contribution in [2.24, 2.45) is 0 Å². The molecule has 0 aliphatic rings. The SMILES string of the molecule is CCS(=O)(=O)c1ccc(C)c(Cl)c1. The topological polar surface area (TPSA) is 34.1 Å². The summed E-state index contributed by atoms with van der Waals surface area (Å²) in [7, 11) is -3.12. The molecule has 72 valence electrons. The van der Waals surface area contributed by atoms with Gasteiger partial charge in [0.05, 0.1) is 10.6 Å². The van der Waals surface area contributed by atoms with Crippen molar-refractivity contribution < 1.29 is 8.42 Å². The number of rotatable bonds is 2. The van der Waals surface area contributed by atoms with E-state index in [1.807, 2.05) is 6.92 Å². The zero-order valence-corrected chi connectivity index (χ0v) is 9.11. The zero-order valence-electron chi connectivity index (χ0n) is 7.54. The van der Waals surface area contributed by atoms with Crippen molar-refractivity contribution >= 4 is 21.4 Å². The smallest absolute Gasteiger partial charge is 0.178 e. The summed E-state index contributed by atoms with van der Waals surface area (Å²) in [4.78, 5) is 0.297. The lowest BCUT2D eigenvalue weighted by atomic mass is 10.2. The third-order valence-electron chi connectivity index (χ3n) is 1.88. The zero-order chi connectivity index (χ0) is 10.1. The highest BCUT2D eigenvalue weighted by Gasteiger charge is 2.11.